The zero-order chi connectivity index (χ0) is 8.12. The van der Waals surface area contributed by atoms with Crippen molar-refractivity contribution in [1.29, 1.82) is 0 Å². The van der Waals surface area contributed by atoms with Crippen LogP contribution in [0.15, 0.2) is 16.0 Å². The van der Waals surface area contributed by atoms with E-state index in [-0.39, 0.29) is 56.4 Å². The molecule has 0 atom stereocenters. The predicted molar refractivity (Wildman–Crippen MR) is 57.6 cm³/mol. The molecule has 0 saturated carbocycles. The van der Waals surface area contributed by atoms with Crippen LogP contribution in [0.3, 0.4) is 0 Å². The summed E-state index contributed by atoms with van der Waals surface area (Å²) in [6, 6.07) is 0. The van der Waals surface area contributed by atoms with Gasteiger partial charge in [0.1, 0.15) is 0 Å². The van der Waals surface area contributed by atoms with Crippen molar-refractivity contribution in [2.75, 3.05) is 0 Å². The third kappa shape index (κ3) is 841. The first-order chi connectivity index (χ1) is 4.24. The van der Waals surface area contributed by atoms with Crippen LogP contribution < -0.4 is 36.9 Å². The van der Waals surface area contributed by atoms with Crippen LogP contribution >= 0.6 is 0 Å². The maximum atomic E-state index is 8.00. The second-order valence-corrected chi connectivity index (χ2v) is 0.224. The van der Waals surface area contributed by atoms with E-state index in [0.717, 1.165) is 16.0 Å². The summed E-state index contributed by atoms with van der Waals surface area (Å²) in [6.45, 7) is 0. The van der Waals surface area contributed by atoms with Crippen LogP contribution in [0.4, 0.5) is 0 Å². The van der Waals surface area contributed by atoms with E-state index in [1.54, 1.807) is 0 Å². The van der Waals surface area contributed by atoms with Gasteiger partial charge in [0.05, 0.1) is 0 Å². The molecule has 1 radical (unpaired) electrons. The monoisotopic (exact) mass is 343 g/mol. The van der Waals surface area contributed by atoms with Crippen molar-refractivity contribution in [1.82, 2.24) is 36.9 Å². The second-order valence-electron chi connectivity index (χ2n) is 0.224. The predicted octanol–water partition coefficient (Wildman–Crippen LogP) is 1.72. The first kappa shape index (κ1) is 128. The fourth-order valence-electron chi connectivity index (χ4n) is 0. The van der Waals surface area contributed by atoms with E-state index in [9.17, 15) is 0 Å². The second kappa shape index (κ2) is 858. The molecule has 111 valence electrons. The SMILES string of the molecule is N.N.N.N.N.N.O=N[O-].O=N[O-].O=N[O-].[Rh]. The number of nitrogens with zero attached hydrogens (tertiary/aromatic N) is 3. The molecule has 0 aromatic carbocycles. The van der Waals surface area contributed by atoms with Crippen LogP contribution in [0.5, 0.6) is 0 Å². The molecule has 15 nitrogen and oxygen atoms in total. The van der Waals surface area contributed by atoms with Crippen molar-refractivity contribution in [3.05, 3.63) is 30.3 Å². The number of hydrogen-bond acceptors (Lipinski definition) is 15. The summed E-state index contributed by atoms with van der Waals surface area (Å²) in [4.78, 5) is 24.0. The summed E-state index contributed by atoms with van der Waals surface area (Å²) in [7, 11) is 0. The molecule has 18 N–H and O–H groups in total. The number of rotatable bonds is 0. The van der Waals surface area contributed by atoms with Gasteiger partial charge in [-0.2, -0.15) is 0 Å². The third-order valence-electron chi connectivity index (χ3n) is 0. The molecular formula is H18N9O6Rh-3. The zero-order valence-electron chi connectivity index (χ0n) is 8.37. The Labute approximate surface area is 103 Å². The molecule has 16 heteroatoms. The van der Waals surface area contributed by atoms with Crippen LogP contribution in [-0.4, -0.2) is 0 Å². The zero-order valence-corrected chi connectivity index (χ0v) is 10.0. The molecule has 0 aliphatic carbocycles. The van der Waals surface area contributed by atoms with E-state index in [4.69, 9.17) is 30.3 Å². The molecule has 0 saturated heterocycles. The molecule has 0 aromatic rings. The van der Waals surface area contributed by atoms with Gasteiger partial charge in [-0.1, -0.05) is 0 Å². The van der Waals surface area contributed by atoms with Crippen molar-refractivity contribution in [2.45, 2.75) is 0 Å². The Balaban J connectivity index is -0.00000000346. The molecule has 0 aromatic heterocycles. The summed E-state index contributed by atoms with van der Waals surface area (Å²) in [5, 5.41) is 27.0. The van der Waals surface area contributed by atoms with Crippen molar-refractivity contribution in [3.63, 3.8) is 0 Å². The molecule has 0 heterocycles. The van der Waals surface area contributed by atoms with Crippen LogP contribution in [-0.2, 0) is 19.5 Å². The quantitative estimate of drug-likeness (QED) is 0.208. The van der Waals surface area contributed by atoms with Crippen LogP contribution in [0.1, 0.15) is 0 Å². The summed E-state index contributed by atoms with van der Waals surface area (Å²) in [5.41, 5.74) is 0. The smallest absolute Gasteiger partial charge is 0 e. The molecule has 0 amide bonds. The fraction of sp³-hybridized carbons (Fsp3) is 0. The number of hydrogen-bond donors (Lipinski definition) is 6. The van der Waals surface area contributed by atoms with Gasteiger partial charge < -0.3 is 67.2 Å². The third-order valence-corrected chi connectivity index (χ3v) is 0. The largest absolute Gasteiger partial charge is 0.444 e. The summed E-state index contributed by atoms with van der Waals surface area (Å²) in [5.74, 6) is 0. The van der Waals surface area contributed by atoms with Crippen molar-refractivity contribution < 1.29 is 19.5 Å². The molecule has 16 heavy (non-hydrogen) atoms. The Morgan fingerprint density at radius 2 is 0.500 bits per heavy atom. The topological polar surface area (TPSA) is 367 Å². The average Bonchev–Trinajstić information content (AvgIpc) is 1.70. The molecule has 0 unspecified atom stereocenters. The van der Waals surface area contributed by atoms with Gasteiger partial charge in [0.25, 0.3) is 0 Å². The first-order valence-corrected chi connectivity index (χ1v) is 1.10. The van der Waals surface area contributed by atoms with Gasteiger partial charge in [0, 0.05) is 19.5 Å². The van der Waals surface area contributed by atoms with Crippen molar-refractivity contribution in [3.8, 4) is 0 Å². The van der Waals surface area contributed by atoms with E-state index in [2.05, 4.69) is 0 Å². The molecular weight excluding hydrogens is 325 g/mol. The molecule has 0 aliphatic heterocycles. The molecule has 0 rings (SSSR count). The summed E-state index contributed by atoms with van der Waals surface area (Å²) >= 11 is 0. The first-order valence-electron chi connectivity index (χ1n) is 1.10. The molecule has 0 bridgehead atoms. The van der Waals surface area contributed by atoms with Gasteiger partial charge in [-0.3, -0.25) is 0 Å². The van der Waals surface area contributed by atoms with E-state index < -0.39 is 0 Å². The normalized spacial score (nSPS) is 2.25. The van der Waals surface area contributed by atoms with Crippen LogP contribution in [0, 0.1) is 30.3 Å². The minimum Gasteiger partial charge on any atom is -0.444 e. The maximum Gasteiger partial charge on any atom is 0 e. The fourth-order valence-corrected chi connectivity index (χ4v) is 0. The Hall–Kier alpha value is -1.42. The molecule has 0 spiro atoms. The molecule has 0 fully saturated rings. The maximum absolute atomic E-state index is 8.00. The van der Waals surface area contributed by atoms with Gasteiger partial charge >= 0.3 is 0 Å². The van der Waals surface area contributed by atoms with Crippen LogP contribution in [0.2, 0.25) is 0 Å². The van der Waals surface area contributed by atoms with Gasteiger partial charge in [-0.05, 0) is 0 Å². The van der Waals surface area contributed by atoms with E-state index in [1.807, 2.05) is 0 Å². The van der Waals surface area contributed by atoms with E-state index in [0.29, 0.717) is 0 Å². The molecule has 0 aliphatic rings. The Bertz CT molecular complexity index is 56.8. The standard InChI is InChI=1S/3HNO2.6H3N.Rh/c3*2-1-3;;;;;;;/h3*(H,2,3);6*1H3;/p-3. The summed E-state index contributed by atoms with van der Waals surface area (Å²) < 4.78 is 0. The van der Waals surface area contributed by atoms with Crippen LogP contribution in [0.25, 0.3) is 0 Å². The van der Waals surface area contributed by atoms with E-state index >= 15 is 0 Å². The van der Waals surface area contributed by atoms with Gasteiger partial charge in [0.2, 0.25) is 0 Å². The van der Waals surface area contributed by atoms with Crippen molar-refractivity contribution in [2.24, 2.45) is 16.0 Å². The Morgan fingerprint density at radius 1 is 0.500 bits per heavy atom. The minimum absolute atomic E-state index is 0. The Morgan fingerprint density at radius 3 is 0.500 bits per heavy atom. The van der Waals surface area contributed by atoms with Gasteiger partial charge in [-0.15, -0.1) is 16.0 Å². The summed E-state index contributed by atoms with van der Waals surface area (Å²) in [6.07, 6.45) is 0. The minimum atomic E-state index is 0. The van der Waals surface area contributed by atoms with Gasteiger partial charge in [-0.25, -0.2) is 0 Å². The average molecular weight is 343 g/mol. The van der Waals surface area contributed by atoms with Crippen molar-refractivity contribution >= 4 is 0 Å². The Kier molecular flexibility index (Phi) is 6870. The van der Waals surface area contributed by atoms with E-state index in [1.165, 1.54) is 0 Å². The van der Waals surface area contributed by atoms with Gasteiger partial charge in [0.15, 0.2) is 0 Å².